The molecule has 0 spiro atoms. The lowest BCUT2D eigenvalue weighted by Crippen LogP contribution is -2.38. The summed E-state index contributed by atoms with van der Waals surface area (Å²) >= 11 is 0. The average molecular weight is 359 g/mol. The minimum atomic E-state index is -0.165. The Morgan fingerprint density at radius 3 is 2.77 bits per heavy atom. The molecule has 26 heavy (non-hydrogen) atoms. The quantitative estimate of drug-likeness (QED) is 0.860. The normalized spacial score (nSPS) is 15.4. The smallest absolute Gasteiger partial charge is 0.259 e. The van der Waals surface area contributed by atoms with Crippen molar-refractivity contribution in [3.63, 3.8) is 0 Å². The van der Waals surface area contributed by atoms with E-state index in [1.165, 1.54) is 0 Å². The molecule has 1 aliphatic heterocycles. The fourth-order valence-corrected chi connectivity index (χ4v) is 3.27. The highest BCUT2D eigenvalue weighted by Crippen LogP contribution is 2.27. The third kappa shape index (κ3) is 3.85. The fourth-order valence-electron chi connectivity index (χ4n) is 3.27. The van der Waals surface area contributed by atoms with Gasteiger partial charge in [-0.3, -0.25) is 9.59 Å². The van der Waals surface area contributed by atoms with Gasteiger partial charge in [0.1, 0.15) is 0 Å². The molecule has 140 valence electrons. The Bertz CT molecular complexity index is 840. The van der Waals surface area contributed by atoms with E-state index >= 15 is 0 Å². The molecule has 1 fully saturated rings. The molecule has 0 unspecified atom stereocenters. The number of nitrogens with one attached hydrogen (secondary N) is 1. The molecule has 8 nitrogen and oxygen atoms in total. The first kappa shape index (κ1) is 18.3. The second-order valence-electron chi connectivity index (χ2n) is 6.82. The zero-order valence-corrected chi connectivity index (χ0v) is 15.5. The molecule has 1 saturated heterocycles. The SMILES string of the molecule is COCCC(=O)N1CCC(c2cc3nc(N(C)C)ncc3c(=O)[nH]2)CC1. The average Bonchev–Trinajstić information content (AvgIpc) is 2.65. The molecule has 0 saturated carbocycles. The lowest BCUT2D eigenvalue weighted by molar-refractivity contribution is -0.133. The number of pyridine rings is 1. The Kier molecular flexibility index (Phi) is 5.51. The summed E-state index contributed by atoms with van der Waals surface area (Å²) in [6, 6.07) is 1.94. The molecule has 0 aliphatic carbocycles. The van der Waals surface area contributed by atoms with Gasteiger partial charge >= 0.3 is 0 Å². The van der Waals surface area contributed by atoms with E-state index in [1.54, 1.807) is 13.3 Å². The summed E-state index contributed by atoms with van der Waals surface area (Å²) in [5.41, 5.74) is 1.37. The molecule has 2 aromatic heterocycles. The van der Waals surface area contributed by atoms with E-state index in [1.807, 2.05) is 30.0 Å². The van der Waals surface area contributed by atoms with Gasteiger partial charge in [-0.05, 0) is 18.9 Å². The molecule has 2 aromatic rings. The lowest BCUT2D eigenvalue weighted by Gasteiger charge is -2.32. The third-order valence-electron chi connectivity index (χ3n) is 4.81. The van der Waals surface area contributed by atoms with Gasteiger partial charge < -0.3 is 19.5 Å². The molecule has 0 aromatic carbocycles. The van der Waals surface area contributed by atoms with Crippen LogP contribution in [0.15, 0.2) is 17.1 Å². The molecule has 3 rings (SSSR count). The number of H-pyrrole nitrogens is 1. The number of nitrogens with zero attached hydrogens (tertiary/aromatic N) is 4. The van der Waals surface area contributed by atoms with Crippen molar-refractivity contribution in [3.8, 4) is 0 Å². The number of likely N-dealkylation sites (tertiary alicyclic amines) is 1. The van der Waals surface area contributed by atoms with Crippen molar-refractivity contribution < 1.29 is 9.53 Å². The van der Waals surface area contributed by atoms with Crippen LogP contribution in [0.2, 0.25) is 0 Å². The van der Waals surface area contributed by atoms with Crippen LogP contribution in [0.5, 0.6) is 0 Å². The van der Waals surface area contributed by atoms with Gasteiger partial charge in [0.2, 0.25) is 11.9 Å². The molecular weight excluding hydrogens is 334 g/mol. The zero-order chi connectivity index (χ0) is 18.7. The van der Waals surface area contributed by atoms with E-state index in [2.05, 4.69) is 15.0 Å². The van der Waals surface area contributed by atoms with Crippen LogP contribution in [0.1, 0.15) is 30.9 Å². The van der Waals surface area contributed by atoms with E-state index < -0.39 is 0 Å². The maximum absolute atomic E-state index is 12.4. The number of anilines is 1. The minimum Gasteiger partial charge on any atom is -0.384 e. The molecule has 1 N–H and O–H groups in total. The summed E-state index contributed by atoms with van der Waals surface area (Å²) in [4.78, 5) is 39.8. The molecule has 3 heterocycles. The summed E-state index contributed by atoms with van der Waals surface area (Å²) in [5, 5.41) is 0.492. The van der Waals surface area contributed by atoms with Gasteiger partial charge in [0.15, 0.2) is 0 Å². The Morgan fingerprint density at radius 2 is 2.12 bits per heavy atom. The van der Waals surface area contributed by atoms with Crippen molar-refractivity contribution in [1.29, 1.82) is 0 Å². The Balaban J connectivity index is 1.77. The van der Waals surface area contributed by atoms with Crippen molar-refractivity contribution in [2.75, 3.05) is 45.8 Å². The molecular formula is C18H25N5O3. The molecule has 8 heteroatoms. The number of methoxy groups -OCH3 is 1. The van der Waals surface area contributed by atoms with E-state index in [9.17, 15) is 9.59 Å². The summed E-state index contributed by atoms with van der Waals surface area (Å²) in [6.07, 6.45) is 3.63. The van der Waals surface area contributed by atoms with Crippen LogP contribution < -0.4 is 10.5 Å². The van der Waals surface area contributed by atoms with E-state index in [-0.39, 0.29) is 17.4 Å². The van der Waals surface area contributed by atoms with Gasteiger partial charge in [-0.15, -0.1) is 0 Å². The number of aromatic amines is 1. The van der Waals surface area contributed by atoms with Crippen molar-refractivity contribution in [3.05, 3.63) is 28.3 Å². The predicted molar refractivity (Wildman–Crippen MR) is 99.5 cm³/mol. The summed E-state index contributed by atoms with van der Waals surface area (Å²) < 4.78 is 4.97. The number of carbonyl (C=O) groups is 1. The van der Waals surface area contributed by atoms with Crippen molar-refractivity contribution in [2.45, 2.75) is 25.2 Å². The number of amides is 1. The van der Waals surface area contributed by atoms with Crippen molar-refractivity contribution in [1.82, 2.24) is 19.9 Å². The van der Waals surface area contributed by atoms with Crippen LogP contribution in [0.25, 0.3) is 10.9 Å². The Labute approximate surface area is 152 Å². The standard InChI is InChI=1S/C18H25N5O3/c1-22(2)18-19-11-13-15(21-18)10-14(20-17(13)25)12-4-7-23(8-5-12)16(24)6-9-26-3/h10-12H,4-9H2,1-3H3,(H,20,25). The largest absolute Gasteiger partial charge is 0.384 e. The predicted octanol–water partition coefficient (Wildman–Crippen LogP) is 1.13. The molecule has 0 atom stereocenters. The van der Waals surface area contributed by atoms with Gasteiger partial charge in [0, 0.05) is 52.1 Å². The number of aromatic nitrogens is 3. The second kappa shape index (κ2) is 7.82. The first-order chi connectivity index (χ1) is 12.5. The van der Waals surface area contributed by atoms with E-state index in [0.717, 1.165) is 18.5 Å². The van der Waals surface area contributed by atoms with Crippen LogP contribution in [0.4, 0.5) is 5.95 Å². The number of hydrogen-bond donors (Lipinski definition) is 1. The number of rotatable bonds is 5. The third-order valence-corrected chi connectivity index (χ3v) is 4.81. The first-order valence-electron chi connectivity index (χ1n) is 8.83. The Hall–Kier alpha value is -2.48. The molecule has 1 amide bonds. The monoisotopic (exact) mass is 359 g/mol. The van der Waals surface area contributed by atoms with Crippen LogP contribution in [0.3, 0.4) is 0 Å². The summed E-state index contributed by atoms with van der Waals surface area (Å²) in [5.74, 6) is 0.921. The highest BCUT2D eigenvalue weighted by molar-refractivity contribution is 5.78. The minimum absolute atomic E-state index is 0.126. The summed E-state index contributed by atoms with van der Waals surface area (Å²) in [6.45, 7) is 1.84. The van der Waals surface area contributed by atoms with Gasteiger partial charge in [-0.25, -0.2) is 9.97 Å². The number of carbonyl (C=O) groups excluding carboxylic acids is 1. The maximum atomic E-state index is 12.4. The fraction of sp³-hybridized carbons (Fsp3) is 0.556. The highest BCUT2D eigenvalue weighted by atomic mass is 16.5. The number of piperidine rings is 1. The Morgan fingerprint density at radius 1 is 1.38 bits per heavy atom. The van der Waals surface area contributed by atoms with Crippen LogP contribution in [0, 0.1) is 0 Å². The lowest BCUT2D eigenvalue weighted by atomic mass is 9.92. The zero-order valence-electron chi connectivity index (χ0n) is 15.5. The van der Waals surface area contributed by atoms with Crippen molar-refractivity contribution >= 4 is 22.8 Å². The van der Waals surface area contributed by atoms with Gasteiger partial charge in [0.05, 0.1) is 23.9 Å². The number of ether oxygens (including phenoxy) is 1. The highest BCUT2D eigenvalue weighted by Gasteiger charge is 2.24. The van der Waals surface area contributed by atoms with E-state index in [4.69, 9.17) is 4.74 Å². The van der Waals surface area contributed by atoms with Crippen molar-refractivity contribution in [2.24, 2.45) is 0 Å². The first-order valence-corrected chi connectivity index (χ1v) is 8.83. The van der Waals surface area contributed by atoms with Gasteiger partial charge in [-0.2, -0.15) is 0 Å². The van der Waals surface area contributed by atoms with E-state index in [0.29, 0.717) is 43.0 Å². The molecule has 0 radical (unpaired) electrons. The second-order valence-corrected chi connectivity index (χ2v) is 6.82. The number of fused-ring (bicyclic) bond motifs is 1. The number of hydrogen-bond acceptors (Lipinski definition) is 6. The summed E-state index contributed by atoms with van der Waals surface area (Å²) in [7, 11) is 5.33. The topological polar surface area (TPSA) is 91.4 Å². The van der Waals surface area contributed by atoms with Gasteiger partial charge in [-0.1, -0.05) is 0 Å². The molecule has 0 bridgehead atoms. The van der Waals surface area contributed by atoms with Crippen LogP contribution in [-0.2, 0) is 9.53 Å². The van der Waals surface area contributed by atoms with Crippen LogP contribution in [-0.4, -0.2) is 66.7 Å². The van der Waals surface area contributed by atoms with Crippen LogP contribution >= 0.6 is 0 Å². The molecule has 1 aliphatic rings. The maximum Gasteiger partial charge on any atom is 0.259 e. The van der Waals surface area contributed by atoms with Gasteiger partial charge in [0.25, 0.3) is 5.56 Å².